The zero-order valence-electron chi connectivity index (χ0n) is 10.9. The topological polar surface area (TPSA) is 27.0 Å². The Balaban J connectivity index is 2.35. The molecule has 1 aromatic carbocycles. The van der Waals surface area contributed by atoms with Crippen molar-refractivity contribution in [2.45, 2.75) is 39.7 Å². The van der Waals surface area contributed by atoms with Crippen LogP contribution in [0.1, 0.15) is 37.8 Å². The van der Waals surface area contributed by atoms with Crippen LogP contribution in [-0.4, -0.2) is 12.6 Å². The molecule has 1 aromatic rings. The van der Waals surface area contributed by atoms with Crippen molar-refractivity contribution in [3.05, 3.63) is 29.3 Å². The zero-order chi connectivity index (χ0) is 12.4. The van der Waals surface area contributed by atoms with Crippen molar-refractivity contribution in [2.75, 3.05) is 11.4 Å². The van der Waals surface area contributed by atoms with Crippen LogP contribution in [0.5, 0.6) is 0 Å². The Kier molecular flexibility index (Phi) is 3.38. The second-order valence-electron chi connectivity index (χ2n) is 5.32. The van der Waals surface area contributed by atoms with Gasteiger partial charge in [0.05, 0.1) is 11.3 Å². The van der Waals surface area contributed by atoms with E-state index in [4.69, 9.17) is 0 Å². The summed E-state index contributed by atoms with van der Waals surface area (Å²) in [5.41, 5.74) is 3.08. The van der Waals surface area contributed by atoms with Crippen LogP contribution >= 0.6 is 0 Å². The molecular weight excluding hydrogens is 208 g/mol. The summed E-state index contributed by atoms with van der Waals surface area (Å²) >= 11 is 0. The van der Waals surface area contributed by atoms with Crippen molar-refractivity contribution in [1.29, 1.82) is 5.26 Å². The lowest BCUT2D eigenvalue weighted by atomic mass is 9.93. The van der Waals surface area contributed by atoms with E-state index in [2.05, 4.69) is 36.9 Å². The summed E-state index contributed by atoms with van der Waals surface area (Å²) in [7, 11) is 0. The molecule has 0 aromatic heterocycles. The summed E-state index contributed by atoms with van der Waals surface area (Å²) in [6.45, 7) is 7.65. The molecule has 1 saturated heterocycles. The summed E-state index contributed by atoms with van der Waals surface area (Å²) in [6, 6.07) is 9.06. The van der Waals surface area contributed by atoms with E-state index in [9.17, 15) is 5.26 Å². The van der Waals surface area contributed by atoms with Crippen LogP contribution in [0.25, 0.3) is 0 Å². The average molecular weight is 228 g/mol. The minimum Gasteiger partial charge on any atom is -0.367 e. The molecule has 1 heterocycles. The lowest BCUT2D eigenvalue weighted by Crippen LogP contribution is -2.41. The van der Waals surface area contributed by atoms with Gasteiger partial charge in [0.2, 0.25) is 0 Å². The molecular formula is C15H20N2. The molecule has 0 radical (unpaired) electrons. The highest BCUT2D eigenvalue weighted by atomic mass is 15.2. The van der Waals surface area contributed by atoms with Gasteiger partial charge in [-0.3, -0.25) is 0 Å². The molecule has 0 bridgehead atoms. The first-order valence-corrected chi connectivity index (χ1v) is 6.39. The molecule has 1 aliphatic rings. The first kappa shape index (κ1) is 12.0. The van der Waals surface area contributed by atoms with E-state index in [1.165, 1.54) is 12.8 Å². The molecule has 0 spiro atoms. The third kappa shape index (κ3) is 2.44. The molecule has 0 saturated carbocycles. The molecule has 17 heavy (non-hydrogen) atoms. The third-order valence-electron chi connectivity index (χ3n) is 3.70. The minimum absolute atomic E-state index is 0.543. The molecule has 2 atom stereocenters. The Hall–Kier alpha value is -1.49. The summed E-state index contributed by atoms with van der Waals surface area (Å²) in [4.78, 5) is 2.40. The standard InChI is InChI=1S/C15H20N2/c1-11-5-7-15(14(8-11)9-16)17-10-12(2)4-6-13(17)3/h5,7-8,12-13H,4,6,10H2,1-3H3. The molecule has 1 fully saturated rings. The van der Waals surface area contributed by atoms with Crippen molar-refractivity contribution < 1.29 is 0 Å². The van der Waals surface area contributed by atoms with Gasteiger partial charge in [-0.25, -0.2) is 0 Å². The SMILES string of the molecule is Cc1ccc(N2CC(C)CCC2C)c(C#N)c1. The molecule has 1 aliphatic heterocycles. The van der Waals surface area contributed by atoms with Crippen molar-refractivity contribution in [1.82, 2.24) is 0 Å². The van der Waals surface area contributed by atoms with Gasteiger partial charge in [0.1, 0.15) is 6.07 Å². The Morgan fingerprint density at radius 3 is 2.76 bits per heavy atom. The summed E-state index contributed by atoms with van der Waals surface area (Å²) in [5, 5.41) is 9.25. The number of aryl methyl sites for hydroxylation is 1. The quantitative estimate of drug-likeness (QED) is 0.735. The highest BCUT2D eigenvalue weighted by Gasteiger charge is 2.24. The Labute approximate surface area is 104 Å². The summed E-state index contributed by atoms with van der Waals surface area (Å²) in [6.07, 6.45) is 2.52. The lowest BCUT2D eigenvalue weighted by molar-refractivity contribution is 0.390. The van der Waals surface area contributed by atoms with Crippen LogP contribution in [0.2, 0.25) is 0 Å². The van der Waals surface area contributed by atoms with E-state index in [1.807, 2.05) is 13.0 Å². The second-order valence-corrected chi connectivity index (χ2v) is 5.32. The Bertz CT molecular complexity index is 445. The molecule has 2 rings (SSSR count). The number of nitriles is 1. The Morgan fingerprint density at radius 1 is 1.29 bits per heavy atom. The van der Waals surface area contributed by atoms with Gasteiger partial charge in [-0.1, -0.05) is 13.0 Å². The van der Waals surface area contributed by atoms with Crippen LogP contribution < -0.4 is 4.90 Å². The van der Waals surface area contributed by atoms with Crippen LogP contribution in [-0.2, 0) is 0 Å². The van der Waals surface area contributed by atoms with Crippen LogP contribution in [0.3, 0.4) is 0 Å². The van der Waals surface area contributed by atoms with E-state index in [-0.39, 0.29) is 0 Å². The number of piperidine rings is 1. The third-order valence-corrected chi connectivity index (χ3v) is 3.70. The van der Waals surface area contributed by atoms with Gasteiger partial charge in [0, 0.05) is 12.6 Å². The van der Waals surface area contributed by atoms with Gasteiger partial charge < -0.3 is 4.90 Å². The lowest BCUT2D eigenvalue weighted by Gasteiger charge is -2.39. The number of benzene rings is 1. The van der Waals surface area contributed by atoms with Crippen molar-refractivity contribution in [3.8, 4) is 6.07 Å². The molecule has 0 aliphatic carbocycles. The fourth-order valence-electron chi connectivity index (χ4n) is 2.61. The average Bonchev–Trinajstić information content (AvgIpc) is 2.32. The molecule has 2 unspecified atom stereocenters. The first-order chi connectivity index (χ1) is 8.11. The van der Waals surface area contributed by atoms with Crippen molar-refractivity contribution in [3.63, 3.8) is 0 Å². The molecule has 90 valence electrons. The fourth-order valence-corrected chi connectivity index (χ4v) is 2.61. The van der Waals surface area contributed by atoms with Gasteiger partial charge in [-0.2, -0.15) is 5.26 Å². The maximum Gasteiger partial charge on any atom is 0.101 e. The molecule has 0 N–H and O–H groups in total. The smallest absolute Gasteiger partial charge is 0.101 e. The number of hydrogen-bond donors (Lipinski definition) is 0. The minimum atomic E-state index is 0.543. The van der Waals surface area contributed by atoms with Gasteiger partial charge in [0.15, 0.2) is 0 Å². The monoisotopic (exact) mass is 228 g/mol. The van der Waals surface area contributed by atoms with Gasteiger partial charge in [-0.15, -0.1) is 0 Å². The van der Waals surface area contributed by atoms with E-state index in [0.717, 1.165) is 29.3 Å². The predicted octanol–water partition coefficient (Wildman–Crippen LogP) is 3.49. The van der Waals surface area contributed by atoms with Gasteiger partial charge in [-0.05, 0) is 50.3 Å². The summed E-state index contributed by atoms with van der Waals surface area (Å²) < 4.78 is 0. The van der Waals surface area contributed by atoms with Crippen molar-refractivity contribution in [2.24, 2.45) is 5.92 Å². The number of rotatable bonds is 1. The molecule has 0 amide bonds. The van der Waals surface area contributed by atoms with E-state index in [1.54, 1.807) is 0 Å². The Morgan fingerprint density at radius 2 is 2.06 bits per heavy atom. The maximum absolute atomic E-state index is 9.25. The maximum atomic E-state index is 9.25. The largest absolute Gasteiger partial charge is 0.367 e. The second kappa shape index (κ2) is 4.79. The number of anilines is 1. The van der Waals surface area contributed by atoms with E-state index in [0.29, 0.717) is 6.04 Å². The molecule has 2 heteroatoms. The zero-order valence-corrected chi connectivity index (χ0v) is 10.9. The highest BCUT2D eigenvalue weighted by Crippen LogP contribution is 2.30. The highest BCUT2D eigenvalue weighted by molar-refractivity contribution is 5.61. The van der Waals surface area contributed by atoms with Crippen molar-refractivity contribution >= 4 is 5.69 Å². The van der Waals surface area contributed by atoms with Crippen LogP contribution in [0.4, 0.5) is 5.69 Å². The normalized spacial score (nSPS) is 24.5. The van der Waals surface area contributed by atoms with Gasteiger partial charge in [0.25, 0.3) is 0 Å². The fraction of sp³-hybridized carbons (Fsp3) is 0.533. The summed E-state index contributed by atoms with van der Waals surface area (Å²) in [5.74, 6) is 0.721. The van der Waals surface area contributed by atoms with Crippen LogP contribution in [0, 0.1) is 24.2 Å². The first-order valence-electron chi connectivity index (χ1n) is 6.39. The predicted molar refractivity (Wildman–Crippen MR) is 71.1 cm³/mol. The molecule has 2 nitrogen and oxygen atoms in total. The van der Waals surface area contributed by atoms with E-state index < -0.39 is 0 Å². The van der Waals surface area contributed by atoms with E-state index >= 15 is 0 Å². The van der Waals surface area contributed by atoms with Crippen LogP contribution in [0.15, 0.2) is 18.2 Å². The van der Waals surface area contributed by atoms with Gasteiger partial charge >= 0.3 is 0 Å². The number of hydrogen-bond acceptors (Lipinski definition) is 2. The number of nitrogens with zero attached hydrogens (tertiary/aromatic N) is 2.